The first kappa shape index (κ1) is 21.6. The number of hydrogen-bond donors (Lipinski definition) is 0. The van der Waals surface area contributed by atoms with Crippen molar-refractivity contribution in [2.75, 3.05) is 6.61 Å². The average Bonchev–Trinajstić information content (AvgIpc) is 2.61. The first-order valence-electron chi connectivity index (χ1n) is 9.13. The van der Waals surface area contributed by atoms with E-state index in [0.717, 1.165) is 12.8 Å². The Bertz CT molecular complexity index is 570. The highest BCUT2D eigenvalue weighted by molar-refractivity contribution is 5.74. The number of unbranched alkanes of at least 4 members (excludes halogenated alkanes) is 5. The van der Waals surface area contributed by atoms with Crippen LogP contribution in [0, 0.1) is 10.1 Å². The molecule has 0 amide bonds. The van der Waals surface area contributed by atoms with Gasteiger partial charge in [-0.25, -0.2) is 0 Å². The van der Waals surface area contributed by atoms with Crippen LogP contribution in [0.5, 0.6) is 5.75 Å². The summed E-state index contributed by atoms with van der Waals surface area (Å²) in [5, 5.41) is 10.5. The molecule has 0 saturated heterocycles. The van der Waals surface area contributed by atoms with Crippen molar-refractivity contribution in [3.63, 3.8) is 0 Å². The van der Waals surface area contributed by atoms with Crippen molar-refractivity contribution in [2.24, 2.45) is 0 Å². The molecule has 0 unspecified atom stereocenters. The molecule has 7 heteroatoms. The predicted octanol–water partition coefficient (Wildman–Crippen LogP) is 4.57. The number of ether oxygens (including phenoxy) is 2. The molecular formula is C19H27NO6. The number of non-ortho nitro benzene ring substituents is 1. The zero-order valence-corrected chi connectivity index (χ0v) is 15.3. The number of esters is 2. The van der Waals surface area contributed by atoms with Crippen LogP contribution in [0.1, 0.15) is 64.7 Å². The lowest BCUT2D eigenvalue weighted by Crippen LogP contribution is -2.10. The van der Waals surface area contributed by atoms with Gasteiger partial charge in [-0.15, -0.1) is 0 Å². The van der Waals surface area contributed by atoms with Gasteiger partial charge in [0.2, 0.25) is 0 Å². The molecule has 0 atom stereocenters. The van der Waals surface area contributed by atoms with Crippen LogP contribution < -0.4 is 4.74 Å². The third-order valence-corrected chi connectivity index (χ3v) is 3.80. The SMILES string of the molecule is CCCCCCCCOC(=O)CCCC(=O)Oc1ccc([N+](=O)[O-])cc1. The monoisotopic (exact) mass is 365 g/mol. The second-order valence-corrected chi connectivity index (χ2v) is 6.07. The van der Waals surface area contributed by atoms with Crippen molar-refractivity contribution >= 4 is 17.6 Å². The number of carbonyl (C=O) groups is 2. The maximum absolute atomic E-state index is 11.7. The average molecular weight is 365 g/mol. The molecule has 0 aliphatic carbocycles. The van der Waals surface area contributed by atoms with Crippen LogP contribution in [0.3, 0.4) is 0 Å². The number of carbonyl (C=O) groups excluding carboxylic acids is 2. The highest BCUT2D eigenvalue weighted by Crippen LogP contribution is 2.18. The molecule has 1 rings (SSSR count). The third kappa shape index (κ3) is 9.76. The van der Waals surface area contributed by atoms with E-state index in [1.54, 1.807) is 0 Å². The van der Waals surface area contributed by atoms with E-state index < -0.39 is 10.9 Å². The fourth-order valence-electron chi connectivity index (χ4n) is 2.34. The zero-order chi connectivity index (χ0) is 19.2. The second kappa shape index (κ2) is 12.9. The largest absolute Gasteiger partial charge is 0.466 e. The summed E-state index contributed by atoms with van der Waals surface area (Å²) in [6.07, 6.45) is 7.39. The smallest absolute Gasteiger partial charge is 0.311 e. The van der Waals surface area contributed by atoms with Crippen molar-refractivity contribution in [1.82, 2.24) is 0 Å². The molecule has 144 valence electrons. The summed E-state index contributed by atoms with van der Waals surface area (Å²) in [7, 11) is 0. The molecule has 0 heterocycles. The summed E-state index contributed by atoms with van der Waals surface area (Å²) < 4.78 is 10.2. The Morgan fingerprint density at radius 3 is 2.19 bits per heavy atom. The van der Waals surface area contributed by atoms with Gasteiger partial charge in [0.15, 0.2) is 0 Å². The van der Waals surface area contributed by atoms with E-state index in [1.165, 1.54) is 49.9 Å². The molecule has 0 spiro atoms. The Morgan fingerprint density at radius 2 is 1.54 bits per heavy atom. The van der Waals surface area contributed by atoms with Gasteiger partial charge >= 0.3 is 11.9 Å². The van der Waals surface area contributed by atoms with E-state index in [4.69, 9.17) is 9.47 Å². The second-order valence-electron chi connectivity index (χ2n) is 6.07. The van der Waals surface area contributed by atoms with E-state index >= 15 is 0 Å². The van der Waals surface area contributed by atoms with Crippen LogP contribution >= 0.6 is 0 Å². The van der Waals surface area contributed by atoms with Crippen molar-refractivity contribution in [3.8, 4) is 5.75 Å². The zero-order valence-electron chi connectivity index (χ0n) is 15.3. The summed E-state index contributed by atoms with van der Waals surface area (Å²) in [6.45, 7) is 2.60. The lowest BCUT2D eigenvalue weighted by atomic mass is 10.1. The van der Waals surface area contributed by atoms with Gasteiger partial charge in [0.05, 0.1) is 11.5 Å². The Hall–Kier alpha value is -2.44. The Morgan fingerprint density at radius 1 is 0.923 bits per heavy atom. The standard InChI is InChI=1S/C19H27NO6/c1-2-3-4-5-6-7-15-25-18(21)9-8-10-19(22)26-17-13-11-16(12-14-17)20(23)24/h11-14H,2-10,15H2,1H3. The Labute approximate surface area is 153 Å². The fraction of sp³-hybridized carbons (Fsp3) is 0.579. The molecule has 26 heavy (non-hydrogen) atoms. The predicted molar refractivity (Wildman–Crippen MR) is 96.9 cm³/mol. The molecule has 0 saturated carbocycles. The van der Waals surface area contributed by atoms with E-state index in [0.29, 0.717) is 13.0 Å². The van der Waals surface area contributed by atoms with Gasteiger partial charge in [-0.2, -0.15) is 0 Å². The van der Waals surface area contributed by atoms with Gasteiger partial charge in [0.25, 0.3) is 5.69 Å². The lowest BCUT2D eigenvalue weighted by molar-refractivity contribution is -0.384. The van der Waals surface area contributed by atoms with Crippen molar-refractivity contribution in [2.45, 2.75) is 64.7 Å². The van der Waals surface area contributed by atoms with Gasteiger partial charge in [-0.1, -0.05) is 39.0 Å². The van der Waals surface area contributed by atoms with Crippen molar-refractivity contribution in [1.29, 1.82) is 0 Å². The minimum atomic E-state index is -0.525. The number of hydrogen-bond acceptors (Lipinski definition) is 6. The van der Waals surface area contributed by atoms with E-state index in [-0.39, 0.29) is 30.2 Å². The topological polar surface area (TPSA) is 95.7 Å². The lowest BCUT2D eigenvalue weighted by Gasteiger charge is -2.06. The maximum atomic E-state index is 11.7. The van der Waals surface area contributed by atoms with Crippen LogP contribution in [0.25, 0.3) is 0 Å². The van der Waals surface area contributed by atoms with Gasteiger partial charge in [-0.3, -0.25) is 19.7 Å². The molecule has 0 fully saturated rings. The van der Waals surface area contributed by atoms with Gasteiger partial charge < -0.3 is 9.47 Å². The molecular weight excluding hydrogens is 338 g/mol. The molecule has 1 aromatic carbocycles. The fourth-order valence-corrected chi connectivity index (χ4v) is 2.34. The van der Waals surface area contributed by atoms with Crippen molar-refractivity contribution < 1.29 is 24.0 Å². The Kier molecular flexibility index (Phi) is 10.7. The molecule has 0 bridgehead atoms. The molecule has 0 aliphatic heterocycles. The van der Waals surface area contributed by atoms with Crippen LogP contribution in [0.2, 0.25) is 0 Å². The summed E-state index contributed by atoms with van der Waals surface area (Å²) in [4.78, 5) is 33.3. The first-order chi connectivity index (χ1) is 12.5. The normalized spacial score (nSPS) is 10.3. The molecule has 0 aliphatic rings. The third-order valence-electron chi connectivity index (χ3n) is 3.80. The van der Waals surface area contributed by atoms with E-state index in [2.05, 4.69) is 6.92 Å². The first-order valence-corrected chi connectivity index (χ1v) is 9.13. The van der Waals surface area contributed by atoms with E-state index in [9.17, 15) is 19.7 Å². The quantitative estimate of drug-likeness (QED) is 0.167. The minimum absolute atomic E-state index is 0.0714. The van der Waals surface area contributed by atoms with Crippen LogP contribution in [0.4, 0.5) is 5.69 Å². The maximum Gasteiger partial charge on any atom is 0.311 e. The number of nitro benzene ring substituents is 1. The molecule has 1 aromatic rings. The molecule has 0 aromatic heterocycles. The van der Waals surface area contributed by atoms with Gasteiger partial charge in [0.1, 0.15) is 5.75 Å². The van der Waals surface area contributed by atoms with Crippen LogP contribution in [-0.2, 0) is 14.3 Å². The summed E-state index contributed by atoms with van der Waals surface area (Å²) in [5.74, 6) is -0.546. The Balaban J connectivity index is 2.09. The van der Waals surface area contributed by atoms with E-state index in [1.807, 2.05) is 0 Å². The molecule has 0 N–H and O–H groups in total. The summed E-state index contributed by atoms with van der Waals surface area (Å²) >= 11 is 0. The van der Waals surface area contributed by atoms with Crippen LogP contribution in [-0.4, -0.2) is 23.5 Å². The number of nitro groups is 1. The molecule has 7 nitrogen and oxygen atoms in total. The number of nitrogens with zero attached hydrogens (tertiary/aromatic N) is 1. The van der Waals surface area contributed by atoms with Crippen LogP contribution in [0.15, 0.2) is 24.3 Å². The van der Waals surface area contributed by atoms with Crippen molar-refractivity contribution in [3.05, 3.63) is 34.4 Å². The van der Waals surface area contributed by atoms with Gasteiger partial charge in [-0.05, 0) is 25.0 Å². The highest BCUT2D eigenvalue weighted by atomic mass is 16.6. The molecule has 0 radical (unpaired) electrons. The summed E-state index contributed by atoms with van der Waals surface area (Å²) in [6, 6.07) is 5.26. The minimum Gasteiger partial charge on any atom is -0.466 e. The van der Waals surface area contributed by atoms with Gasteiger partial charge in [0, 0.05) is 25.0 Å². The number of benzene rings is 1. The summed E-state index contributed by atoms with van der Waals surface area (Å²) in [5.41, 5.74) is -0.0714. The number of rotatable bonds is 13. The highest BCUT2D eigenvalue weighted by Gasteiger charge is 2.10.